The molecule has 0 amide bonds. The fraction of sp³-hybridized carbons (Fsp3) is 0.500. The number of benzene rings is 1. The first-order chi connectivity index (χ1) is 7.54. The van der Waals surface area contributed by atoms with E-state index >= 15 is 0 Å². The number of methoxy groups -OCH3 is 1. The summed E-state index contributed by atoms with van der Waals surface area (Å²) in [6.45, 7) is 4.17. The molecule has 0 aliphatic carbocycles. The van der Waals surface area contributed by atoms with Gasteiger partial charge in [0.25, 0.3) is 0 Å². The summed E-state index contributed by atoms with van der Waals surface area (Å²) in [5.74, 6) is -0.128. The number of ether oxygens (including phenoxy) is 1. The smallest absolute Gasteiger partial charge is 0.165 e. The number of aliphatic hydroxyl groups excluding tert-OH is 1. The summed E-state index contributed by atoms with van der Waals surface area (Å²) in [7, 11) is 1.44. The fourth-order valence-corrected chi connectivity index (χ4v) is 1.41. The molecule has 0 saturated heterocycles. The highest BCUT2D eigenvalue weighted by molar-refractivity contribution is 5.31. The van der Waals surface area contributed by atoms with E-state index in [1.807, 2.05) is 6.92 Å². The molecule has 0 saturated carbocycles. The minimum absolute atomic E-state index is 0.0455. The molecule has 0 heterocycles. The molecule has 3 nitrogen and oxygen atoms in total. The predicted octanol–water partition coefficient (Wildman–Crippen LogP) is 1.87. The van der Waals surface area contributed by atoms with E-state index in [0.29, 0.717) is 6.54 Å². The zero-order valence-electron chi connectivity index (χ0n) is 9.83. The van der Waals surface area contributed by atoms with Gasteiger partial charge in [0.15, 0.2) is 11.6 Å². The highest BCUT2D eigenvalue weighted by Gasteiger charge is 2.09. The van der Waals surface area contributed by atoms with Crippen LogP contribution in [0, 0.1) is 5.82 Å². The lowest BCUT2D eigenvalue weighted by Crippen LogP contribution is -2.27. The highest BCUT2D eigenvalue weighted by atomic mass is 19.1. The van der Waals surface area contributed by atoms with Gasteiger partial charge in [-0.15, -0.1) is 0 Å². The second-order valence-electron chi connectivity index (χ2n) is 3.87. The van der Waals surface area contributed by atoms with Crippen LogP contribution in [0.2, 0.25) is 0 Å². The van der Waals surface area contributed by atoms with Gasteiger partial charge in [-0.1, -0.05) is 6.07 Å². The molecular weight excluding hydrogens is 209 g/mol. The Balaban J connectivity index is 2.72. The molecule has 1 aromatic carbocycles. The van der Waals surface area contributed by atoms with Crippen molar-refractivity contribution in [1.82, 2.24) is 5.32 Å². The number of aliphatic hydroxyl groups is 1. The third-order valence-electron chi connectivity index (χ3n) is 2.39. The Labute approximate surface area is 95.2 Å². The number of rotatable bonds is 5. The number of halogens is 1. The Hall–Kier alpha value is -1.13. The van der Waals surface area contributed by atoms with Gasteiger partial charge in [-0.25, -0.2) is 4.39 Å². The Morgan fingerprint density at radius 2 is 2.12 bits per heavy atom. The van der Waals surface area contributed by atoms with Crippen LogP contribution in [0.4, 0.5) is 4.39 Å². The topological polar surface area (TPSA) is 41.5 Å². The lowest BCUT2D eigenvalue weighted by atomic mass is 10.1. The van der Waals surface area contributed by atoms with Gasteiger partial charge in [0.05, 0.1) is 13.2 Å². The van der Waals surface area contributed by atoms with Gasteiger partial charge in [0, 0.05) is 12.6 Å². The van der Waals surface area contributed by atoms with Crippen molar-refractivity contribution in [3.8, 4) is 5.75 Å². The molecule has 90 valence electrons. The molecule has 0 spiro atoms. The molecule has 0 aliphatic heterocycles. The first-order valence-corrected chi connectivity index (χ1v) is 5.29. The Bertz CT molecular complexity index is 342. The molecule has 1 rings (SSSR count). The number of hydrogen-bond acceptors (Lipinski definition) is 3. The standard InChI is InChI=1S/C12H18FNO2/c1-8(15)7-14-9(2)10-4-5-11(13)12(6-10)16-3/h4-6,8-9,14-15H,7H2,1-3H3/t8-,9?/m0/s1. The van der Waals surface area contributed by atoms with Crippen molar-refractivity contribution in [2.45, 2.75) is 26.0 Å². The summed E-state index contributed by atoms with van der Waals surface area (Å²) in [6.07, 6.45) is -0.398. The molecular formula is C12H18FNO2. The van der Waals surface area contributed by atoms with Gasteiger partial charge in [-0.2, -0.15) is 0 Å². The molecule has 0 aromatic heterocycles. The first-order valence-electron chi connectivity index (χ1n) is 5.29. The zero-order chi connectivity index (χ0) is 12.1. The molecule has 2 atom stereocenters. The minimum atomic E-state index is -0.398. The van der Waals surface area contributed by atoms with E-state index in [-0.39, 0.29) is 17.6 Å². The van der Waals surface area contributed by atoms with Crippen LogP contribution in [0.5, 0.6) is 5.75 Å². The van der Waals surface area contributed by atoms with Gasteiger partial charge < -0.3 is 15.2 Å². The molecule has 2 N–H and O–H groups in total. The van der Waals surface area contributed by atoms with Crippen LogP contribution in [0.3, 0.4) is 0 Å². The van der Waals surface area contributed by atoms with Crippen molar-refractivity contribution in [2.75, 3.05) is 13.7 Å². The summed E-state index contributed by atoms with van der Waals surface area (Å²) in [4.78, 5) is 0. The molecule has 1 aromatic rings. The molecule has 0 fully saturated rings. The first kappa shape index (κ1) is 12.9. The van der Waals surface area contributed by atoms with E-state index in [1.165, 1.54) is 13.2 Å². The van der Waals surface area contributed by atoms with Gasteiger partial charge in [-0.3, -0.25) is 0 Å². The number of hydrogen-bond donors (Lipinski definition) is 2. The average molecular weight is 227 g/mol. The van der Waals surface area contributed by atoms with Crippen molar-refractivity contribution in [2.24, 2.45) is 0 Å². The highest BCUT2D eigenvalue weighted by Crippen LogP contribution is 2.22. The van der Waals surface area contributed by atoms with Crippen molar-refractivity contribution in [1.29, 1.82) is 0 Å². The molecule has 0 aliphatic rings. The predicted molar refractivity (Wildman–Crippen MR) is 61.1 cm³/mol. The lowest BCUT2D eigenvalue weighted by molar-refractivity contribution is 0.187. The van der Waals surface area contributed by atoms with Crippen LogP contribution >= 0.6 is 0 Å². The van der Waals surface area contributed by atoms with Crippen LogP contribution < -0.4 is 10.1 Å². The maximum atomic E-state index is 13.2. The lowest BCUT2D eigenvalue weighted by Gasteiger charge is -2.16. The Morgan fingerprint density at radius 3 is 2.69 bits per heavy atom. The molecule has 4 heteroatoms. The van der Waals surface area contributed by atoms with Crippen LogP contribution in [-0.2, 0) is 0 Å². The van der Waals surface area contributed by atoms with Crippen LogP contribution in [0.1, 0.15) is 25.5 Å². The monoisotopic (exact) mass is 227 g/mol. The Kier molecular flexibility index (Phi) is 4.71. The summed E-state index contributed by atoms with van der Waals surface area (Å²) >= 11 is 0. The van der Waals surface area contributed by atoms with Gasteiger partial charge in [-0.05, 0) is 31.5 Å². The number of nitrogens with one attached hydrogen (secondary N) is 1. The normalized spacial score (nSPS) is 14.6. The van der Waals surface area contributed by atoms with Crippen molar-refractivity contribution < 1.29 is 14.2 Å². The van der Waals surface area contributed by atoms with E-state index in [2.05, 4.69) is 5.32 Å². The molecule has 0 radical (unpaired) electrons. The third-order valence-corrected chi connectivity index (χ3v) is 2.39. The maximum Gasteiger partial charge on any atom is 0.165 e. The van der Waals surface area contributed by atoms with Gasteiger partial charge >= 0.3 is 0 Å². The summed E-state index contributed by atoms with van der Waals surface area (Å²) in [6, 6.07) is 4.80. The minimum Gasteiger partial charge on any atom is -0.494 e. The zero-order valence-corrected chi connectivity index (χ0v) is 9.83. The van der Waals surface area contributed by atoms with Crippen molar-refractivity contribution >= 4 is 0 Å². The van der Waals surface area contributed by atoms with E-state index in [1.54, 1.807) is 19.1 Å². The maximum absolute atomic E-state index is 13.2. The summed E-state index contributed by atoms with van der Waals surface area (Å²) in [5, 5.41) is 12.3. The van der Waals surface area contributed by atoms with E-state index in [9.17, 15) is 4.39 Å². The van der Waals surface area contributed by atoms with Crippen molar-refractivity contribution in [3.05, 3.63) is 29.6 Å². The van der Waals surface area contributed by atoms with Crippen molar-refractivity contribution in [3.63, 3.8) is 0 Å². The molecule has 0 bridgehead atoms. The summed E-state index contributed by atoms with van der Waals surface area (Å²) in [5.41, 5.74) is 0.930. The Morgan fingerprint density at radius 1 is 1.44 bits per heavy atom. The van der Waals surface area contributed by atoms with Gasteiger partial charge in [0.2, 0.25) is 0 Å². The third kappa shape index (κ3) is 3.47. The van der Waals surface area contributed by atoms with Crippen LogP contribution in [0.25, 0.3) is 0 Å². The molecule has 1 unspecified atom stereocenters. The second-order valence-corrected chi connectivity index (χ2v) is 3.87. The van der Waals surface area contributed by atoms with E-state index in [4.69, 9.17) is 9.84 Å². The van der Waals surface area contributed by atoms with Crippen LogP contribution in [-0.4, -0.2) is 24.9 Å². The largest absolute Gasteiger partial charge is 0.494 e. The van der Waals surface area contributed by atoms with E-state index in [0.717, 1.165) is 5.56 Å². The fourth-order valence-electron chi connectivity index (χ4n) is 1.41. The SMILES string of the molecule is COc1cc(C(C)NC[C@H](C)O)ccc1F. The van der Waals surface area contributed by atoms with Crippen LogP contribution in [0.15, 0.2) is 18.2 Å². The summed E-state index contributed by atoms with van der Waals surface area (Å²) < 4.78 is 18.1. The van der Waals surface area contributed by atoms with E-state index < -0.39 is 6.10 Å². The second kappa shape index (κ2) is 5.82. The average Bonchev–Trinajstić information content (AvgIpc) is 2.26. The quantitative estimate of drug-likeness (QED) is 0.806. The molecule has 16 heavy (non-hydrogen) atoms. The van der Waals surface area contributed by atoms with Gasteiger partial charge in [0.1, 0.15) is 0 Å².